The molecule has 0 radical (unpaired) electrons. The van der Waals surface area contributed by atoms with Crippen molar-refractivity contribution in [3.8, 4) is 0 Å². The van der Waals surface area contributed by atoms with Gasteiger partial charge >= 0.3 is 0 Å². The molecule has 0 saturated carbocycles. The van der Waals surface area contributed by atoms with Gasteiger partial charge in [0.15, 0.2) is 11.6 Å². The van der Waals surface area contributed by atoms with E-state index >= 15 is 0 Å². The van der Waals surface area contributed by atoms with E-state index in [1.807, 2.05) is 6.92 Å². The first-order valence-corrected chi connectivity index (χ1v) is 7.21. The van der Waals surface area contributed by atoms with Gasteiger partial charge < -0.3 is 5.32 Å². The molecule has 0 heterocycles. The average Bonchev–Trinajstić information content (AvgIpc) is 2.33. The summed E-state index contributed by atoms with van der Waals surface area (Å²) < 4.78 is 64.4. The monoisotopic (exact) mass is 296 g/mol. The molecule has 19 heavy (non-hydrogen) atoms. The third kappa shape index (κ3) is 4.48. The Morgan fingerprint density at radius 2 is 1.63 bits per heavy atom. The van der Waals surface area contributed by atoms with Crippen molar-refractivity contribution < 1.29 is 21.6 Å². The van der Waals surface area contributed by atoms with Crippen molar-refractivity contribution in [2.75, 3.05) is 19.6 Å². The third-order valence-corrected chi connectivity index (χ3v) is 3.76. The maximum absolute atomic E-state index is 13.3. The van der Waals surface area contributed by atoms with Gasteiger partial charge in [-0.1, -0.05) is 6.92 Å². The van der Waals surface area contributed by atoms with Gasteiger partial charge in [-0.05, 0) is 19.0 Å². The first-order chi connectivity index (χ1) is 8.88. The molecular formula is C11H15F3N2O2S. The van der Waals surface area contributed by atoms with Gasteiger partial charge in [0.25, 0.3) is 0 Å². The molecule has 1 aromatic carbocycles. The van der Waals surface area contributed by atoms with Crippen molar-refractivity contribution in [3.63, 3.8) is 0 Å². The molecule has 0 fully saturated rings. The fourth-order valence-electron chi connectivity index (χ4n) is 1.36. The number of hydrogen-bond donors (Lipinski definition) is 2. The van der Waals surface area contributed by atoms with E-state index in [1.54, 1.807) is 0 Å². The zero-order valence-electron chi connectivity index (χ0n) is 10.3. The predicted molar refractivity (Wildman–Crippen MR) is 64.7 cm³/mol. The summed E-state index contributed by atoms with van der Waals surface area (Å²) in [6.45, 7) is 3.06. The SMILES string of the molecule is CCCNCCNS(=O)(=O)c1cc(F)c(F)cc1F. The minimum Gasteiger partial charge on any atom is -0.315 e. The molecule has 1 rings (SSSR count). The van der Waals surface area contributed by atoms with Gasteiger partial charge in [0, 0.05) is 19.2 Å². The van der Waals surface area contributed by atoms with Crippen LogP contribution in [0.25, 0.3) is 0 Å². The Morgan fingerprint density at radius 1 is 1.00 bits per heavy atom. The Labute approximate surface area is 110 Å². The van der Waals surface area contributed by atoms with Crippen LogP contribution in [-0.4, -0.2) is 28.1 Å². The maximum atomic E-state index is 13.3. The molecule has 0 aromatic heterocycles. The molecule has 8 heteroatoms. The van der Waals surface area contributed by atoms with Crippen LogP contribution in [0.2, 0.25) is 0 Å². The first-order valence-electron chi connectivity index (χ1n) is 5.73. The highest BCUT2D eigenvalue weighted by atomic mass is 32.2. The molecule has 4 nitrogen and oxygen atoms in total. The number of rotatable bonds is 7. The number of sulfonamides is 1. The van der Waals surface area contributed by atoms with Crippen LogP contribution in [0.4, 0.5) is 13.2 Å². The Hall–Kier alpha value is -1.12. The van der Waals surface area contributed by atoms with Crippen molar-refractivity contribution in [3.05, 3.63) is 29.6 Å². The lowest BCUT2D eigenvalue weighted by atomic mass is 10.3. The molecule has 0 saturated heterocycles. The van der Waals surface area contributed by atoms with E-state index in [0.29, 0.717) is 12.6 Å². The zero-order valence-corrected chi connectivity index (χ0v) is 11.2. The summed E-state index contributed by atoms with van der Waals surface area (Å²) >= 11 is 0. The Morgan fingerprint density at radius 3 is 2.26 bits per heavy atom. The van der Waals surface area contributed by atoms with Crippen LogP contribution >= 0.6 is 0 Å². The highest BCUT2D eigenvalue weighted by molar-refractivity contribution is 7.89. The lowest BCUT2D eigenvalue weighted by molar-refractivity contribution is 0.481. The minimum absolute atomic E-state index is 0.0285. The standard InChI is InChI=1S/C11H15F3N2O2S/c1-2-3-15-4-5-16-19(17,18)11-7-9(13)8(12)6-10(11)14/h6-7,15-16H,2-5H2,1H3. The topological polar surface area (TPSA) is 58.2 Å². The molecule has 1 aromatic rings. The second-order valence-corrected chi connectivity index (χ2v) is 5.58. The largest absolute Gasteiger partial charge is 0.315 e. The van der Waals surface area contributed by atoms with Crippen LogP contribution in [0.15, 0.2) is 17.0 Å². The Kier molecular flexibility index (Phi) is 5.77. The maximum Gasteiger partial charge on any atom is 0.243 e. The lowest BCUT2D eigenvalue weighted by Crippen LogP contribution is -2.32. The quantitative estimate of drug-likeness (QED) is 0.590. The van der Waals surface area contributed by atoms with E-state index < -0.39 is 32.4 Å². The van der Waals surface area contributed by atoms with E-state index in [0.717, 1.165) is 13.0 Å². The fraction of sp³-hybridized carbons (Fsp3) is 0.455. The summed E-state index contributed by atoms with van der Waals surface area (Å²) in [6, 6.07) is 0.533. The van der Waals surface area contributed by atoms with E-state index in [-0.39, 0.29) is 12.6 Å². The molecule has 0 spiro atoms. The van der Waals surface area contributed by atoms with Crippen molar-refractivity contribution >= 4 is 10.0 Å². The summed E-state index contributed by atoms with van der Waals surface area (Å²) in [4.78, 5) is -0.901. The van der Waals surface area contributed by atoms with Crippen LogP contribution in [-0.2, 0) is 10.0 Å². The molecule has 0 aliphatic rings. The molecule has 0 amide bonds. The second kappa shape index (κ2) is 6.88. The average molecular weight is 296 g/mol. The third-order valence-electron chi connectivity index (χ3n) is 2.28. The second-order valence-electron chi connectivity index (χ2n) is 3.84. The minimum atomic E-state index is -4.19. The van der Waals surface area contributed by atoms with Gasteiger partial charge in [-0.25, -0.2) is 26.3 Å². The van der Waals surface area contributed by atoms with Crippen molar-refractivity contribution in [1.82, 2.24) is 10.0 Å². The van der Waals surface area contributed by atoms with E-state index in [1.165, 1.54) is 0 Å². The van der Waals surface area contributed by atoms with Crippen molar-refractivity contribution in [2.24, 2.45) is 0 Å². The highest BCUT2D eigenvalue weighted by Crippen LogP contribution is 2.18. The molecule has 2 N–H and O–H groups in total. The van der Waals surface area contributed by atoms with Gasteiger partial charge in [-0.2, -0.15) is 0 Å². The van der Waals surface area contributed by atoms with Gasteiger partial charge in [0.2, 0.25) is 10.0 Å². The molecular weight excluding hydrogens is 281 g/mol. The molecule has 0 aliphatic carbocycles. The summed E-state index contributed by atoms with van der Waals surface area (Å²) in [5, 5.41) is 2.94. The van der Waals surface area contributed by atoms with E-state index in [2.05, 4.69) is 10.0 Å². The normalized spacial score (nSPS) is 11.8. The summed E-state index contributed by atoms with van der Waals surface area (Å²) in [5.74, 6) is -4.17. The highest BCUT2D eigenvalue weighted by Gasteiger charge is 2.21. The van der Waals surface area contributed by atoms with Crippen LogP contribution in [0.3, 0.4) is 0 Å². The summed E-state index contributed by atoms with van der Waals surface area (Å²) in [6.07, 6.45) is 0.893. The summed E-state index contributed by atoms with van der Waals surface area (Å²) in [5.41, 5.74) is 0. The summed E-state index contributed by atoms with van der Waals surface area (Å²) in [7, 11) is -4.19. The smallest absolute Gasteiger partial charge is 0.243 e. The molecule has 0 atom stereocenters. The number of halogens is 3. The lowest BCUT2D eigenvalue weighted by Gasteiger charge is -2.08. The van der Waals surface area contributed by atoms with E-state index in [9.17, 15) is 21.6 Å². The molecule has 108 valence electrons. The first kappa shape index (κ1) is 15.9. The van der Waals surface area contributed by atoms with Gasteiger partial charge in [-0.3, -0.25) is 0 Å². The van der Waals surface area contributed by atoms with Crippen LogP contribution < -0.4 is 10.0 Å². The number of nitrogens with one attached hydrogen (secondary N) is 2. The molecule has 0 bridgehead atoms. The van der Waals surface area contributed by atoms with Crippen molar-refractivity contribution in [1.29, 1.82) is 0 Å². The van der Waals surface area contributed by atoms with E-state index in [4.69, 9.17) is 0 Å². The van der Waals surface area contributed by atoms with Gasteiger partial charge in [-0.15, -0.1) is 0 Å². The fourth-order valence-corrected chi connectivity index (χ4v) is 2.46. The van der Waals surface area contributed by atoms with Crippen LogP contribution in [0.1, 0.15) is 13.3 Å². The molecule has 0 unspecified atom stereocenters. The van der Waals surface area contributed by atoms with Crippen molar-refractivity contribution in [2.45, 2.75) is 18.2 Å². The Balaban J connectivity index is 2.75. The number of hydrogen-bond acceptors (Lipinski definition) is 3. The van der Waals surface area contributed by atoms with Crippen LogP contribution in [0.5, 0.6) is 0 Å². The zero-order chi connectivity index (χ0) is 14.5. The Bertz CT molecular complexity index is 535. The van der Waals surface area contributed by atoms with Gasteiger partial charge in [0.05, 0.1) is 0 Å². The van der Waals surface area contributed by atoms with Gasteiger partial charge in [0.1, 0.15) is 10.7 Å². The predicted octanol–water partition coefficient (Wildman–Crippen LogP) is 1.38. The molecule has 0 aliphatic heterocycles. The number of benzene rings is 1. The van der Waals surface area contributed by atoms with Crippen LogP contribution in [0, 0.1) is 17.5 Å².